The van der Waals surface area contributed by atoms with Crippen molar-refractivity contribution in [3.05, 3.63) is 40.5 Å². The fourth-order valence-electron chi connectivity index (χ4n) is 1.61. The lowest BCUT2D eigenvalue weighted by molar-refractivity contribution is 0.775. The molecule has 15 heavy (non-hydrogen) atoms. The minimum absolute atomic E-state index is 0.513. The summed E-state index contributed by atoms with van der Waals surface area (Å²) < 4.78 is 2.92. The molecular formula is C11H12BrN3. The predicted molar refractivity (Wildman–Crippen MR) is 64.2 cm³/mol. The van der Waals surface area contributed by atoms with Gasteiger partial charge in [-0.15, -0.1) is 0 Å². The van der Waals surface area contributed by atoms with Crippen molar-refractivity contribution in [2.24, 2.45) is 12.8 Å². The first-order valence-electron chi connectivity index (χ1n) is 4.69. The Morgan fingerprint density at radius 3 is 2.60 bits per heavy atom. The van der Waals surface area contributed by atoms with Crippen molar-refractivity contribution in [2.75, 3.05) is 0 Å². The molecule has 0 aliphatic carbocycles. The Kier molecular flexibility index (Phi) is 2.88. The van der Waals surface area contributed by atoms with E-state index in [-0.39, 0.29) is 0 Å². The zero-order valence-corrected chi connectivity index (χ0v) is 10.0. The minimum atomic E-state index is 0.513. The number of hydrogen-bond donors (Lipinski definition) is 1. The monoisotopic (exact) mass is 265 g/mol. The molecule has 0 unspecified atom stereocenters. The van der Waals surface area contributed by atoms with Crippen LogP contribution in [0.15, 0.2) is 34.9 Å². The molecule has 2 rings (SSSR count). The molecule has 1 aromatic heterocycles. The Morgan fingerprint density at radius 2 is 2.00 bits per heavy atom. The molecule has 0 aliphatic rings. The van der Waals surface area contributed by atoms with E-state index in [0.717, 1.165) is 21.3 Å². The number of benzene rings is 1. The first-order valence-corrected chi connectivity index (χ1v) is 5.48. The molecule has 78 valence electrons. The number of rotatable bonds is 2. The van der Waals surface area contributed by atoms with Gasteiger partial charge in [0.2, 0.25) is 0 Å². The molecule has 0 spiro atoms. The molecule has 1 aromatic carbocycles. The first kappa shape index (κ1) is 10.4. The molecule has 0 fully saturated rings. The summed E-state index contributed by atoms with van der Waals surface area (Å²) in [4.78, 5) is 0. The number of aromatic nitrogens is 2. The summed E-state index contributed by atoms with van der Waals surface area (Å²) in [5.41, 5.74) is 8.96. The third kappa shape index (κ3) is 1.96. The van der Waals surface area contributed by atoms with Gasteiger partial charge in [0.25, 0.3) is 0 Å². The maximum atomic E-state index is 5.67. The zero-order valence-electron chi connectivity index (χ0n) is 8.44. The van der Waals surface area contributed by atoms with Crippen molar-refractivity contribution < 1.29 is 0 Å². The molecule has 0 bridgehead atoms. The van der Waals surface area contributed by atoms with E-state index in [1.54, 1.807) is 0 Å². The lowest BCUT2D eigenvalue weighted by atomic mass is 10.1. The molecule has 4 heteroatoms. The van der Waals surface area contributed by atoms with Crippen LogP contribution in [0, 0.1) is 0 Å². The van der Waals surface area contributed by atoms with E-state index in [9.17, 15) is 0 Å². The van der Waals surface area contributed by atoms with Crippen LogP contribution in [-0.4, -0.2) is 9.78 Å². The number of nitrogens with zero attached hydrogens (tertiary/aromatic N) is 2. The average molecular weight is 266 g/mol. The Bertz CT molecular complexity index is 459. The molecule has 0 aliphatic heterocycles. The number of aryl methyl sites for hydroxylation is 1. The Labute approximate surface area is 97.0 Å². The summed E-state index contributed by atoms with van der Waals surface area (Å²) >= 11 is 3.42. The molecule has 2 aromatic rings. The number of hydrogen-bond acceptors (Lipinski definition) is 2. The summed E-state index contributed by atoms with van der Waals surface area (Å²) in [5.74, 6) is 0. The van der Waals surface area contributed by atoms with E-state index in [1.165, 1.54) is 0 Å². The third-order valence-corrected chi connectivity index (χ3v) is 2.88. The van der Waals surface area contributed by atoms with Gasteiger partial charge in [0.15, 0.2) is 0 Å². The lowest BCUT2D eigenvalue weighted by Crippen LogP contribution is -1.99. The molecule has 0 radical (unpaired) electrons. The van der Waals surface area contributed by atoms with E-state index in [2.05, 4.69) is 33.2 Å². The highest BCUT2D eigenvalue weighted by Gasteiger charge is 2.08. The second kappa shape index (κ2) is 4.16. The highest BCUT2D eigenvalue weighted by molar-refractivity contribution is 9.10. The number of halogens is 1. The maximum absolute atomic E-state index is 5.67. The Balaban J connectivity index is 2.52. The summed E-state index contributed by atoms with van der Waals surface area (Å²) in [6.45, 7) is 0.513. The SMILES string of the molecule is Cn1ncc(CN)c1-c1ccc(Br)cc1. The Morgan fingerprint density at radius 1 is 1.33 bits per heavy atom. The van der Waals surface area contributed by atoms with Gasteiger partial charge in [-0.2, -0.15) is 5.10 Å². The van der Waals surface area contributed by atoms with Crippen LogP contribution in [0.25, 0.3) is 11.3 Å². The standard InChI is InChI=1S/C11H12BrN3/c1-15-11(9(6-13)7-14-15)8-2-4-10(12)5-3-8/h2-5,7H,6,13H2,1H3. The van der Waals surface area contributed by atoms with Gasteiger partial charge in [0.05, 0.1) is 11.9 Å². The fraction of sp³-hybridized carbons (Fsp3) is 0.182. The van der Waals surface area contributed by atoms with Gasteiger partial charge < -0.3 is 5.73 Å². The van der Waals surface area contributed by atoms with Crippen LogP contribution >= 0.6 is 15.9 Å². The predicted octanol–water partition coefficient (Wildman–Crippen LogP) is 2.31. The lowest BCUT2D eigenvalue weighted by Gasteiger charge is -2.05. The summed E-state index contributed by atoms with van der Waals surface area (Å²) in [6, 6.07) is 8.14. The van der Waals surface area contributed by atoms with Gasteiger partial charge in [0, 0.05) is 29.2 Å². The van der Waals surface area contributed by atoms with Crippen molar-refractivity contribution >= 4 is 15.9 Å². The molecule has 1 heterocycles. The topological polar surface area (TPSA) is 43.8 Å². The van der Waals surface area contributed by atoms with Gasteiger partial charge in [-0.05, 0) is 12.1 Å². The highest BCUT2D eigenvalue weighted by Crippen LogP contribution is 2.24. The molecule has 2 N–H and O–H groups in total. The molecule has 3 nitrogen and oxygen atoms in total. The van der Waals surface area contributed by atoms with Gasteiger partial charge in [0.1, 0.15) is 0 Å². The Hall–Kier alpha value is -1.13. The van der Waals surface area contributed by atoms with Crippen LogP contribution in [0.4, 0.5) is 0 Å². The van der Waals surface area contributed by atoms with E-state index in [4.69, 9.17) is 5.73 Å². The van der Waals surface area contributed by atoms with E-state index < -0.39 is 0 Å². The van der Waals surface area contributed by atoms with Crippen molar-refractivity contribution in [2.45, 2.75) is 6.54 Å². The van der Waals surface area contributed by atoms with Crippen molar-refractivity contribution in [1.29, 1.82) is 0 Å². The number of nitrogens with two attached hydrogens (primary N) is 1. The third-order valence-electron chi connectivity index (χ3n) is 2.35. The second-order valence-corrected chi connectivity index (χ2v) is 4.27. The molecule has 0 saturated heterocycles. The van der Waals surface area contributed by atoms with Crippen LogP contribution in [-0.2, 0) is 13.6 Å². The maximum Gasteiger partial charge on any atom is 0.0723 e. The second-order valence-electron chi connectivity index (χ2n) is 3.35. The fourth-order valence-corrected chi connectivity index (χ4v) is 1.88. The van der Waals surface area contributed by atoms with Crippen LogP contribution in [0.5, 0.6) is 0 Å². The molecule has 0 atom stereocenters. The molecule has 0 saturated carbocycles. The molecule has 0 amide bonds. The van der Waals surface area contributed by atoms with Crippen LogP contribution in [0.3, 0.4) is 0 Å². The summed E-state index contributed by atoms with van der Waals surface area (Å²) in [5, 5.41) is 4.21. The van der Waals surface area contributed by atoms with Gasteiger partial charge >= 0.3 is 0 Å². The zero-order chi connectivity index (χ0) is 10.8. The van der Waals surface area contributed by atoms with Crippen LogP contribution < -0.4 is 5.73 Å². The van der Waals surface area contributed by atoms with E-state index >= 15 is 0 Å². The minimum Gasteiger partial charge on any atom is -0.326 e. The van der Waals surface area contributed by atoms with E-state index in [1.807, 2.05) is 30.1 Å². The van der Waals surface area contributed by atoms with Gasteiger partial charge in [-0.3, -0.25) is 4.68 Å². The largest absolute Gasteiger partial charge is 0.326 e. The normalized spacial score (nSPS) is 10.6. The molecular weight excluding hydrogens is 254 g/mol. The quantitative estimate of drug-likeness (QED) is 0.906. The summed E-state index contributed by atoms with van der Waals surface area (Å²) in [6.07, 6.45) is 1.82. The van der Waals surface area contributed by atoms with E-state index in [0.29, 0.717) is 6.54 Å². The smallest absolute Gasteiger partial charge is 0.0723 e. The first-order chi connectivity index (χ1) is 7.22. The van der Waals surface area contributed by atoms with Crippen LogP contribution in [0.1, 0.15) is 5.56 Å². The van der Waals surface area contributed by atoms with Gasteiger partial charge in [-0.1, -0.05) is 28.1 Å². The van der Waals surface area contributed by atoms with Crippen molar-refractivity contribution in [3.8, 4) is 11.3 Å². The van der Waals surface area contributed by atoms with Gasteiger partial charge in [-0.25, -0.2) is 0 Å². The summed E-state index contributed by atoms with van der Waals surface area (Å²) in [7, 11) is 1.93. The van der Waals surface area contributed by atoms with Crippen LogP contribution in [0.2, 0.25) is 0 Å². The highest BCUT2D eigenvalue weighted by atomic mass is 79.9. The van der Waals surface area contributed by atoms with Crippen molar-refractivity contribution in [3.63, 3.8) is 0 Å². The van der Waals surface area contributed by atoms with Crippen molar-refractivity contribution in [1.82, 2.24) is 9.78 Å². The average Bonchev–Trinajstić information content (AvgIpc) is 2.61.